The molecule has 4 fully saturated rings. The van der Waals surface area contributed by atoms with Gasteiger partial charge in [0.1, 0.15) is 29.8 Å². The maximum Gasteiger partial charge on any atom is 0.408 e. The Morgan fingerprint density at radius 3 is 2.52 bits per heavy atom. The molecular formula is C40H52ClN5O9S. The maximum atomic E-state index is 14.7. The van der Waals surface area contributed by atoms with E-state index in [-0.39, 0.29) is 48.8 Å². The fraction of sp³-hybridized carbons (Fsp3) is 0.625. The van der Waals surface area contributed by atoms with Crippen molar-refractivity contribution in [1.82, 2.24) is 24.8 Å². The Kier molecular flexibility index (Phi) is 11.0. The molecule has 304 valence electrons. The van der Waals surface area contributed by atoms with Crippen molar-refractivity contribution in [3.8, 4) is 5.88 Å². The number of hydrogen-bond donors (Lipinski definition) is 3. The van der Waals surface area contributed by atoms with Gasteiger partial charge < -0.3 is 25.0 Å². The summed E-state index contributed by atoms with van der Waals surface area (Å²) in [4.78, 5) is 71.6. The van der Waals surface area contributed by atoms with E-state index in [1.54, 1.807) is 49.6 Å². The van der Waals surface area contributed by atoms with E-state index >= 15 is 0 Å². The number of nitrogens with zero attached hydrogens (tertiary/aromatic N) is 2. The van der Waals surface area contributed by atoms with Crippen LogP contribution in [-0.2, 0) is 35.7 Å². The summed E-state index contributed by atoms with van der Waals surface area (Å²) < 4.78 is 41.8. The van der Waals surface area contributed by atoms with E-state index in [0.29, 0.717) is 60.9 Å². The van der Waals surface area contributed by atoms with Gasteiger partial charge in [-0.2, -0.15) is 0 Å². The van der Waals surface area contributed by atoms with Crippen LogP contribution in [0.3, 0.4) is 0 Å². The second-order valence-corrected chi connectivity index (χ2v) is 19.6. The van der Waals surface area contributed by atoms with Gasteiger partial charge in [-0.1, -0.05) is 57.9 Å². The number of hydrogen-bond acceptors (Lipinski definition) is 9. The van der Waals surface area contributed by atoms with E-state index in [2.05, 4.69) is 21.4 Å². The van der Waals surface area contributed by atoms with E-state index in [0.717, 1.165) is 12.8 Å². The first-order chi connectivity index (χ1) is 26.5. The first-order valence-electron chi connectivity index (χ1n) is 19.8. The van der Waals surface area contributed by atoms with Crippen LogP contribution in [0.2, 0.25) is 5.02 Å². The average molecular weight is 814 g/mol. The number of benzene rings is 1. The van der Waals surface area contributed by atoms with Crippen LogP contribution < -0.4 is 25.7 Å². The molecular weight excluding hydrogens is 762 g/mol. The topological polar surface area (TPSA) is 182 Å². The number of fused-ring (bicyclic) bond motifs is 5. The van der Waals surface area contributed by atoms with Crippen LogP contribution in [0.4, 0.5) is 4.79 Å². The molecule has 1 aromatic heterocycles. The first kappa shape index (κ1) is 40.1. The van der Waals surface area contributed by atoms with Gasteiger partial charge in [0.2, 0.25) is 21.8 Å². The predicted octanol–water partition coefficient (Wildman–Crippen LogP) is 4.56. The van der Waals surface area contributed by atoms with Crippen LogP contribution in [0, 0.1) is 17.3 Å². The van der Waals surface area contributed by atoms with Crippen LogP contribution in [0.25, 0.3) is 10.8 Å². The van der Waals surface area contributed by atoms with Crippen molar-refractivity contribution < 1.29 is 37.1 Å². The Hall–Kier alpha value is -4.11. The van der Waals surface area contributed by atoms with E-state index in [9.17, 15) is 32.4 Å². The third-order valence-corrected chi connectivity index (χ3v) is 14.1. The van der Waals surface area contributed by atoms with Crippen molar-refractivity contribution in [3.63, 3.8) is 0 Å². The second-order valence-electron chi connectivity index (χ2n) is 17.2. The number of alkyl carbamates (subject to hydrolysis) is 1. The number of halogens is 1. The van der Waals surface area contributed by atoms with Gasteiger partial charge in [0, 0.05) is 29.4 Å². The molecule has 0 spiro atoms. The largest absolute Gasteiger partial charge is 0.473 e. The normalized spacial score (nSPS) is 30.5. The lowest BCUT2D eigenvalue weighted by molar-refractivity contribution is -0.143. The van der Waals surface area contributed by atoms with Gasteiger partial charge in [0.15, 0.2) is 5.88 Å². The van der Waals surface area contributed by atoms with E-state index in [4.69, 9.17) is 21.1 Å². The van der Waals surface area contributed by atoms with Gasteiger partial charge in [-0.05, 0) is 92.2 Å². The highest BCUT2D eigenvalue weighted by atomic mass is 35.5. The number of allylic oxidation sites excluding steroid dienone is 2. The summed E-state index contributed by atoms with van der Waals surface area (Å²) in [5.41, 5.74) is -2.57. The van der Waals surface area contributed by atoms with Crippen molar-refractivity contribution in [3.05, 3.63) is 51.8 Å². The van der Waals surface area contributed by atoms with Gasteiger partial charge in [-0.25, -0.2) is 13.2 Å². The van der Waals surface area contributed by atoms with Crippen molar-refractivity contribution in [2.24, 2.45) is 17.3 Å². The fourth-order valence-corrected chi connectivity index (χ4v) is 10.1. The minimum atomic E-state index is -3.89. The summed E-state index contributed by atoms with van der Waals surface area (Å²) >= 11 is 6.33. The Labute approximate surface area is 332 Å². The van der Waals surface area contributed by atoms with Crippen molar-refractivity contribution >= 4 is 56.2 Å². The number of nitrogens with one attached hydrogen (secondary N) is 3. The maximum absolute atomic E-state index is 14.7. The van der Waals surface area contributed by atoms with Crippen LogP contribution in [-0.4, -0.2) is 83.3 Å². The molecule has 7 atom stereocenters. The van der Waals surface area contributed by atoms with E-state index < -0.39 is 68.2 Å². The molecule has 2 bridgehead atoms. The molecule has 3 heterocycles. The molecule has 2 aromatic rings. The standard InChI is InChI=1S/C40H52ClN5O9S/c1-5-25-21-40(25,37(50)44-56(52,53)28-14-15-28)43-34(47)30-20-27-22-46(30)36(49)33(39(2,3)4)42-38(51)55-31-12-9-11-23(31)10-7-6-8-17-45-32(54-27)19-24-18-26(41)13-16-29(24)35(45)48/h6-7,13,16,18-19,23,25,27-28,30-31,33H,5,8-12,14-15,17,20-22H2,1-4H3,(H,42,51)(H,43,47)(H,44,50)/b7-6+/t23-,25-,27-,30+,31-,33-,40-/m1/s1. The third kappa shape index (κ3) is 8.16. The zero-order valence-electron chi connectivity index (χ0n) is 32.3. The Balaban J connectivity index is 1.25. The Morgan fingerprint density at radius 2 is 1.82 bits per heavy atom. The summed E-state index contributed by atoms with van der Waals surface area (Å²) in [5, 5.41) is 6.53. The molecule has 14 nitrogen and oxygen atoms in total. The summed E-state index contributed by atoms with van der Waals surface area (Å²) in [5.74, 6) is -1.96. The smallest absolute Gasteiger partial charge is 0.408 e. The number of pyridine rings is 1. The third-order valence-electron chi connectivity index (χ3n) is 12.1. The number of amides is 4. The molecule has 7 rings (SSSR count). The summed E-state index contributed by atoms with van der Waals surface area (Å²) in [7, 11) is -3.89. The average Bonchev–Trinajstić information content (AvgIpc) is 4.02. The molecule has 3 saturated carbocycles. The molecule has 56 heavy (non-hydrogen) atoms. The number of aromatic nitrogens is 1. The number of ether oxygens (including phenoxy) is 2. The first-order valence-corrected chi connectivity index (χ1v) is 21.7. The van der Waals surface area contributed by atoms with Gasteiger partial charge >= 0.3 is 6.09 Å². The molecule has 16 heteroatoms. The van der Waals surface area contributed by atoms with E-state index in [1.807, 2.05) is 13.0 Å². The van der Waals surface area contributed by atoms with Crippen molar-refractivity contribution in [2.45, 2.75) is 134 Å². The molecule has 4 amide bonds. The zero-order chi connectivity index (χ0) is 40.2. The lowest BCUT2D eigenvalue weighted by Crippen LogP contribution is -2.60. The van der Waals surface area contributed by atoms with Crippen LogP contribution in [0.15, 0.2) is 41.2 Å². The molecule has 1 saturated heterocycles. The fourth-order valence-electron chi connectivity index (χ4n) is 8.58. The van der Waals surface area contributed by atoms with Crippen LogP contribution in [0.5, 0.6) is 5.88 Å². The lowest BCUT2D eigenvalue weighted by Gasteiger charge is -2.35. The summed E-state index contributed by atoms with van der Waals surface area (Å²) in [6.45, 7) is 7.48. The minimum absolute atomic E-state index is 0.0147. The zero-order valence-corrected chi connectivity index (χ0v) is 33.9. The number of carbonyl (C=O) groups is 4. The van der Waals surface area contributed by atoms with Crippen LogP contribution in [0.1, 0.15) is 91.9 Å². The Morgan fingerprint density at radius 1 is 1.05 bits per heavy atom. The summed E-state index contributed by atoms with van der Waals surface area (Å²) in [6, 6.07) is 4.46. The molecule has 0 radical (unpaired) electrons. The Bertz CT molecular complexity index is 2110. The highest BCUT2D eigenvalue weighted by Crippen LogP contribution is 2.47. The van der Waals surface area contributed by atoms with Gasteiger partial charge in [0.25, 0.3) is 11.5 Å². The summed E-state index contributed by atoms with van der Waals surface area (Å²) in [6.07, 6.45) is 7.55. The van der Waals surface area contributed by atoms with E-state index in [1.165, 1.54) is 4.90 Å². The van der Waals surface area contributed by atoms with Gasteiger partial charge in [-0.3, -0.25) is 28.5 Å². The highest BCUT2D eigenvalue weighted by molar-refractivity contribution is 7.91. The molecule has 5 aliphatic rings. The molecule has 0 unspecified atom stereocenters. The van der Waals surface area contributed by atoms with Crippen molar-refractivity contribution in [2.75, 3.05) is 6.54 Å². The molecule has 3 aliphatic carbocycles. The number of sulfonamides is 1. The number of rotatable bonds is 6. The molecule has 3 N–H and O–H groups in total. The second kappa shape index (κ2) is 15.3. The minimum Gasteiger partial charge on any atom is -0.473 e. The van der Waals surface area contributed by atoms with Gasteiger partial charge in [-0.15, -0.1) is 0 Å². The molecule has 2 aliphatic heterocycles. The van der Waals surface area contributed by atoms with Crippen LogP contribution >= 0.6 is 11.6 Å². The van der Waals surface area contributed by atoms with Gasteiger partial charge in [0.05, 0.1) is 11.8 Å². The highest BCUT2D eigenvalue weighted by Gasteiger charge is 2.62. The lowest BCUT2D eigenvalue weighted by atomic mass is 9.85. The monoisotopic (exact) mass is 813 g/mol. The predicted molar refractivity (Wildman–Crippen MR) is 209 cm³/mol. The molecule has 1 aromatic carbocycles. The number of carbonyl (C=O) groups excluding carboxylic acids is 4. The van der Waals surface area contributed by atoms with Crippen molar-refractivity contribution in [1.29, 1.82) is 0 Å². The SMILES string of the molecule is CC[C@@H]1C[C@]1(NC(=O)[C@@H]1C[C@@H]2CN1C(=O)[C@H](C(C)(C)C)NC(=O)O[C@@H]1CCC[C@H]1C/C=C/CCn1c(cc3cc(Cl)ccc3c1=O)O2)C(=O)NS(=O)(=O)C1CC1. The quantitative estimate of drug-likeness (QED) is 0.353.